The molecule has 0 saturated carbocycles. The summed E-state index contributed by atoms with van der Waals surface area (Å²) in [5.41, 5.74) is 15.4. The van der Waals surface area contributed by atoms with Gasteiger partial charge in [-0.05, 0) is 53.6 Å². The average Bonchev–Trinajstić information content (AvgIpc) is 2.58. The second kappa shape index (κ2) is 6.12. The van der Waals surface area contributed by atoms with Crippen molar-refractivity contribution in [2.75, 3.05) is 11.5 Å². The first-order valence-electron chi connectivity index (χ1n) is 7.09. The van der Waals surface area contributed by atoms with E-state index in [4.69, 9.17) is 21.5 Å². The Morgan fingerprint density at radius 3 is 1.96 bits per heavy atom. The molecule has 4 heteroatoms. The zero-order chi connectivity index (χ0) is 16.2. The highest BCUT2D eigenvalue weighted by Crippen LogP contribution is 2.30. The molecule has 112 valence electrons. The number of hydrogen-bond acceptors (Lipinski definition) is 4. The van der Waals surface area contributed by atoms with Gasteiger partial charge in [-0.1, -0.05) is 24.3 Å². The van der Waals surface area contributed by atoms with Gasteiger partial charge in [0.2, 0.25) is 0 Å². The van der Waals surface area contributed by atoms with Gasteiger partial charge < -0.3 is 16.2 Å². The summed E-state index contributed by atoms with van der Waals surface area (Å²) >= 11 is 0. The number of hydrogen-bond donors (Lipinski definition) is 2. The van der Waals surface area contributed by atoms with Gasteiger partial charge in [0.15, 0.2) is 0 Å². The van der Waals surface area contributed by atoms with Crippen LogP contribution in [0, 0.1) is 11.3 Å². The van der Waals surface area contributed by atoms with Crippen molar-refractivity contribution in [2.45, 2.75) is 0 Å². The molecule has 0 saturated heterocycles. The molecule has 0 aliphatic rings. The molecule has 3 aromatic carbocycles. The second-order valence-electron chi connectivity index (χ2n) is 5.11. The Bertz CT molecular complexity index is 863. The molecule has 3 rings (SSSR count). The Kier molecular flexibility index (Phi) is 3.86. The first-order chi connectivity index (χ1) is 11.2. The van der Waals surface area contributed by atoms with Crippen molar-refractivity contribution in [1.82, 2.24) is 0 Å². The van der Waals surface area contributed by atoms with Crippen LogP contribution in [0.4, 0.5) is 11.4 Å². The smallest absolute Gasteiger partial charge is 0.150 e. The fraction of sp³-hybridized carbons (Fsp3) is 0. The maximum absolute atomic E-state index is 8.83. The molecule has 0 fully saturated rings. The Balaban J connectivity index is 1.80. The number of ether oxygens (including phenoxy) is 1. The van der Waals surface area contributed by atoms with Crippen LogP contribution in [-0.2, 0) is 0 Å². The number of nitrogen functional groups attached to an aromatic ring is 2. The van der Waals surface area contributed by atoms with Crippen LogP contribution in [-0.4, -0.2) is 0 Å². The van der Waals surface area contributed by atoms with E-state index < -0.39 is 0 Å². The van der Waals surface area contributed by atoms with Crippen LogP contribution < -0.4 is 16.2 Å². The number of nitrogens with zero attached hydrogens (tertiary/aromatic N) is 1. The lowest BCUT2D eigenvalue weighted by atomic mass is 10.0. The molecule has 0 aliphatic heterocycles. The van der Waals surface area contributed by atoms with E-state index in [9.17, 15) is 0 Å². The van der Waals surface area contributed by atoms with Crippen LogP contribution in [0.15, 0.2) is 66.7 Å². The predicted molar refractivity (Wildman–Crippen MR) is 91.9 cm³/mol. The summed E-state index contributed by atoms with van der Waals surface area (Å²) in [5.74, 6) is 1.27. The molecular weight excluding hydrogens is 286 g/mol. The molecule has 23 heavy (non-hydrogen) atoms. The van der Waals surface area contributed by atoms with Crippen molar-refractivity contribution in [1.29, 1.82) is 5.26 Å². The van der Waals surface area contributed by atoms with Gasteiger partial charge in [0.05, 0.1) is 17.3 Å². The standard InChI is InChI=1S/C19H15N3O/c20-12-13-1-3-14(4-2-13)15-5-8-17(9-6-15)23-19-10-7-16(21)11-18(19)22/h1-11H,21-22H2. The van der Waals surface area contributed by atoms with Crippen LogP contribution in [0.25, 0.3) is 11.1 Å². The summed E-state index contributed by atoms with van der Waals surface area (Å²) in [6.45, 7) is 0. The molecule has 0 heterocycles. The number of rotatable bonds is 3. The Labute approximate surface area is 134 Å². The van der Waals surface area contributed by atoms with E-state index in [1.54, 1.807) is 30.3 Å². The normalized spacial score (nSPS) is 10.0. The van der Waals surface area contributed by atoms with Crippen molar-refractivity contribution in [3.63, 3.8) is 0 Å². The Morgan fingerprint density at radius 1 is 0.783 bits per heavy atom. The van der Waals surface area contributed by atoms with Crippen molar-refractivity contribution in [3.8, 4) is 28.7 Å². The number of anilines is 2. The minimum Gasteiger partial charge on any atom is -0.455 e. The van der Waals surface area contributed by atoms with Gasteiger partial charge in [0, 0.05) is 5.69 Å². The summed E-state index contributed by atoms with van der Waals surface area (Å²) in [6, 6.07) is 22.4. The molecule has 4 nitrogen and oxygen atoms in total. The lowest BCUT2D eigenvalue weighted by molar-refractivity contribution is 0.485. The Hall–Kier alpha value is -3.45. The molecule has 0 amide bonds. The van der Waals surface area contributed by atoms with E-state index in [2.05, 4.69) is 6.07 Å². The first-order valence-corrected chi connectivity index (χ1v) is 7.09. The van der Waals surface area contributed by atoms with E-state index in [1.165, 1.54) is 0 Å². The third kappa shape index (κ3) is 3.25. The number of nitriles is 1. The third-order valence-corrected chi connectivity index (χ3v) is 3.46. The zero-order valence-corrected chi connectivity index (χ0v) is 12.4. The van der Waals surface area contributed by atoms with Crippen molar-refractivity contribution in [2.24, 2.45) is 0 Å². The number of nitrogens with two attached hydrogens (primary N) is 2. The summed E-state index contributed by atoms with van der Waals surface area (Å²) < 4.78 is 5.77. The highest BCUT2D eigenvalue weighted by molar-refractivity contribution is 5.66. The van der Waals surface area contributed by atoms with Gasteiger partial charge in [0.25, 0.3) is 0 Å². The lowest BCUT2D eigenvalue weighted by Gasteiger charge is -2.10. The summed E-state index contributed by atoms with van der Waals surface area (Å²) in [6.07, 6.45) is 0. The second-order valence-corrected chi connectivity index (χ2v) is 5.11. The molecule has 0 aromatic heterocycles. The van der Waals surface area contributed by atoms with Crippen molar-refractivity contribution >= 4 is 11.4 Å². The van der Waals surface area contributed by atoms with E-state index in [1.807, 2.05) is 36.4 Å². The fourth-order valence-electron chi connectivity index (χ4n) is 2.24. The molecule has 3 aromatic rings. The highest BCUT2D eigenvalue weighted by atomic mass is 16.5. The van der Waals surface area contributed by atoms with E-state index in [0.717, 1.165) is 11.1 Å². The van der Waals surface area contributed by atoms with Crippen LogP contribution >= 0.6 is 0 Å². The summed E-state index contributed by atoms with van der Waals surface area (Å²) in [5, 5.41) is 8.83. The van der Waals surface area contributed by atoms with E-state index in [0.29, 0.717) is 28.4 Å². The molecular formula is C19H15N3O. The van der Waals surface area contributed by atoms with Crippen molar-refractivity contribution in [3.05, 3.63) is 72.3 Å². The molecule has 0 aliphatic carbocycles. The van der Waals surface area contributed by atoms with Gasteiger partial charge in [-0.3, -0.25) is 0 Å². The third-order valence-electron chi connectivity index (χ3n) is 3.46. The van der Waals surface area contributed by atoms with Gasteiger partial charge in [-0.25, -0.2) is 0 Å². The van der Waals surface area contributed by atoms with Gasteiger partial charge >= 0.3 is 0 Å². The predicted octanol–water partition coefficient (Wildman–Crippen LogP) is 4.18. The van der Waals surface area contributed by atoms with Crippen molar-refractivity contribution < 1.29 is 4.74 Å². The monoisotopic (exact) mass is 301 g/mol. The topological polar surface area (TPSA) is 85.1 Å². The van der Waals surface area contributed by atoms with Gasteiger partial charge in [0.1, 0.15) is 11.5 Å². The molecule has 4 N–H and O–H groups in total. The van der Waals surface area contributed by atoms with Crippen LogP contribution in [0.1, 0.15) is 5.56 Å². The molecule has 0 spiro atoms. The van der Waals surface area contributed by atoms with Crippen LogP contribution in [0.2, 0.25) is 0 Å². The van der Waals surface area contributed by atoms with E-state index >= 15 is 0 Å². The van der Waals surface area contributed by atoms with Crippen LogP contribution in [0.5, 0.6) is 11.5 Å². The van der Waals surface area contributed by atoms with Gasteiger partial charge in [-0.2, -0.15) is 5.26 Å². The average molecular weight is 301 g/mol. The highest BCUT2D eigenvalue weighted by Gasteiger charge is 2.04. The molecule has 0 bridgehead atoms. The summed E-state index contributed by atoms with van der Waals surface area (Å²) in [7, 11) is 0. The Morgan fingerprint density at radius 2 is 1.39 bits per heavy atom. The molecule has 0 radical (unpaired) electrons. The minimum absolute atomic E-state index is 0.501. The van der Waals surface area contributed by atoms with Gasteiger partial charge in [-0.15, -0.1) is 0 Å². The number of benzene rings is 3. The maximum atomic E-state index is 8.83. The minimum atomic E-state index is 0.501. The molecule has 0 atom stereocenters. The summed E-state index contributed by atoms with van der Waals surface area (Å²) in [4.78, 5) is 0. The fourth-order valence-corrected chi connectivity index (χ4v) is 2.24. The first kappa shape index (κ1) is 14.5. The largest absolute Gasteiger partial charge is 0.455 e. The van der Waals surface area contributed by atoms with Crippen LogP contribution in [0.3, 0.4) is 0 Å². The van der Waals surface area contributed by atoms with E-state index in [-0.39, 0.29) is 0 Å². The maximum Gasteiger partial charge on any atom is 0.150 e. The SMILES string of the molecule is N#Cc1ccc(-c2ccc(Oc3ccc(N)cc3N)cc2)cc1. The molecule has 0 unspecified atom stereocenters. The zero-order valence-electron chi connectivity index (χ0n) is 12.4. The quantitative estimate of drug-likeness (QED) is 0.710. The lowest BCUT2D eigenvalue weighted by Crippen LogP contribution is -1.94.